The summed E-state index contributed by atoms with van der Waals surface area (Å²) in [5.41, 5.74) is 0.618. The summed E-state index contributed by atoms with van der Waals surface area (Å²) in [5, 5.41) is 1.57. The molecule has 0 fully saturated rings. The van der Waals surface area contributed by atoms with Crippen molar-refractivity contribution in [1.29, 1.82) is 0 Å². The van der Waals surface area contributed by atoms with Gasteiger partial charge >= 0.3 is 6.18 Å². The van der Waals surface area contributed by atoms with E-state index in [0.717, 1.165) is 6.20 Å². The Labute approximate surface area is 100 Å². The number of pyridine rings is 1. The van der Waals surface area contributed by atoms with Gasteiger partial charge in [0, 0.05) is 12.4 Å². The second kappa shape index (κ2) is 5.67. The van der Waals surface area contributed by atoms with Gasteiger partial charge in [-0.3, -0.25) is 9.78 Å². The first-order chi connectivity index (χ1) is 7.91. The first-order valence-corrected chi connectivity index (χ1v) is 4.89. The predicted molar refractivity (Wildman–Crippen MR) is 56.1 cm³/mol. The predicted octanol–water partition coefficient (Wildman–Crippen LogP) is 2.38. The molecule has 0 bridgehead atoms. The molecule has 3 nitrogen and oxygen atoms in total. The lowest BCUT2D eigenvalue weighted by Gasteiger charge is -2.04. The van der Waals surface area contributed by atoms with Crippen molar-refractivity contribution in [2.24, 2.45) is 0 Å². The molecule has 1 rings (SSSR count). The average molecular weight is 265 g/mol. The van der Waals surface area contributed by atoms with Crippen LogP contribution in [0.25, 0.3) is 0 Å². The van der Waals surface area contributed by atoms with Crippen LogP contribution in [0.3, 0.4) is 0 Å². The lowest BCUT2D eigenvalue weighted by Crippen LogP contribution is -2.23. The molecule has 0 amide bonds. The Balaban J connectivity index is 2.52. The largest absolute Gasteiger partial charge is 0.455 e. The van der Waals surface area contributed by atoms with Gasteiger partial charge in [-0.25, -0.2) is 0 Å². The summed E-state index contributed by atoms with van der Waals surface area (Å²) < 4.78 is 35.8. The monoisotopic (exact) mass is 264 g/mol. The fraction of sp³-hybridized carbons (Fsp3) is 0.200. The Morgan fingerprint density at radius 2 is 2.18 bits per heavy atom. The molecule has 0 aliphatic carbocycles. The second-order valence-electron chi connectivity index (χ2n) is 3.02. The van der Waals surface area contributed by atoms with E-state index in [9.17, 15) is 18.0 Å². The number of halogens is 4. The average Bonchev–Trinajstić information content (AvgIpc) is 2.28. The molecule has 0 atom stereocenters. The summed E-state index contributed by atoms with van der Waals surface area (Å²) in [7, 11) is 0. The standard InChI is InChI=1S/C10H8ClF3N2O/c11-8(9(17)10(12,13)14)6-15-5-7-3-1-2-4-16-7/h1-4,6,15H,5H2/b8-6-. The van der Waals surface area contributed by atoms with Crippen LogP contribution >= 0.6 is 11.6 Å². The lowest BCUT2D eigenvalue weighted by atomic mass is 10.3. The molecule has 1 heterocycles. The quantitative estimate of drug-likeness (QED) is 0.849. The van der Waals surface area contributed by atoms with Gasteiger partial charge in [0.15, 0.2) is 0 Å². The molecule has 1 N–H and O–H groups in total. The first kappa shape index (κ1) is 13.5. The van der Waals surface area contributed by atoms with E-state index in [1.165, 1.54) is 0 Å². The van der Waals surface area contributed by atoms with Crippen molar-refractivity contribution in [2.45, 2.75) is 12.7 Å². The van der Waals surface area contributed by atoms with Crippen molar-refractivity contribution >= 4 is 17.4 Å². The van der Waals surface area contributed by atoms with Crippen LogP contribution in [0.1, 0.15) is 5.69 Å². The smallest absolute Gasteiger partial charge is 0.384 e. The van der Waals surface area contributed by atoms with Gasteiger partial charge in [0.25, 0.3) is 5.78 Å². The van der Waals surface area contributed by atoms with Crippen LogP contribution < -0.4 is 5.32 Å². The zero-order chi connectivity index (χ0) is 12.9. The van der Waals surface area contributed by atoms with Crippen molar-refractivity contribution in [3.05, 3.63) is 41.3 Å². The fourth-order valence-corrected chi connectivity index (χ4v) is 1.13. The molecule has 0 saturated heterocycles. The minimum Gasteiger partial charge on any atom is -0.384 e. The number of nitrogens with zero attached hydrogens (tertiary/aromatic N) is 1. The molecule has 0 aliphatic heterocycles. The molecule has 17 heavy (non-hydrogen) atoms. The van der Waals surface area contributed by atoms with E-state index in [2.05, 4.69) is 10.3 Å². The van der Waals surface area contributed by atoms with Crippen molar-refractivity contribution in [3.8, 4) is 0 Å². The van der Waals surface area contributed by atoms with Crippen molar-refractivity contribution < 1.29 is 18.0 Å². The Morgan fingerprint density at radius 1 is 1.47 bits per heavy atom. The third kappa shape index (κ3) is 4.44. The van der Waals surface area contributed by atoms with Crippen LogP contribution in [0.15, 0.2) is 35.6 Å². The number of ketones is 1. The van der Waals surface area contributed by atoms with Gasteiger partial charge < -0.3 is 5.32 Å². The van der Waals surface area contributed by atoms with Crippen molar-refractivity contribution in [1.82, 2.24) is 10.3 Å². The van der Waals surface area contributed by atoms with E-state index in [1.807, 2.05) is 0 Å². The molecule has 1 aromatic rings. The number of nitrogens with one attached hydrogen (secondary N) is 1. The maximum atomic E-state index is 11.9. The number of hydrogen-bond acceptors (Lipinski definition) is 3. The van der Waals surface area contributed by atoms with Gasteiger partial charge in [-0.15, -0.1) is 0 Å². The van der Waals surface area contributed by atoms with E-state index in [0.29, 0.717) is 5.69 Å². The minimum atomic E-state index is -4.96. The molecular weight excluding hydrogens is 257 g/mol. The normalized spacial score (nSPS) is 12.4. The maximum absolute atomic E-state index is 11.9. The highest BCUT2D eigenvalue weighted by molar-refractivity contribution is 6.43. The third-order valence-corrected chi connectivity index (χ3v) is 1.99. The molecule has 0 radical (unpaired) electrons. The Morgan fingerprint density at radius 3 is 2.71 bits per heavy atom. The molecule has 0 spiro atoms. The number of carbonyl (C=O) groups is 1. The maximum Gasteiger partial charge on any atom is 0.455 e. The number of aromatic nitrogens is 1. The highest BCUT2D eigenvalue weighted by Gasteiger charge is 2.40. The van der Waals surface area contributed by atoms with E-state index >= 15 is 0 Å². The van der Waals surface area contributed by atoms with E-state index in [4.69, 9.17) is 11.6 Å². The summed E-state index contributed by atoms with van der Waals surface area (Å²) >= 11 is 5.19. The van der Waals surface area contributed by atoms with Crippen LogP contribution in [0.4, 0.5) is 13.2 Å². The summed E-state index contributed by atoms with van der Waals surface area (Å²) in [6, 6.07) is 5.12. The molecule has 7 heteroatoms. The molecule has 0 unspecified atom stereocenters. The lowest BCUT2D eigenvalue weighted by molar-refractivity contribution is -0.165. The van der Waals surface area contributed by atoms with E-state index < -0.39 is 17.0 Å². The zero-order valence-corrected chi connectivity index (χ0v) is 9.22. The summed E-state index contributed by atoms with van der Waals surface area (Å²) in [4.78, 5) is 14.6. The first-order valence-electron chi connectivity index (χ1n) is 4.51. The molecule has 0 saturated carbocycles. The van der Waals surface area contributed by atoms with Gasteiger partial charge in [0.05, 0.1) is 12.2 Å². The van der Waals surface area contributed by atoms with Crippen LogP contribution in [-0.2, 0) is 11.3 Å². The van der Waals surface area contributed by atoms with Gasteiger partial charge in [0.2, 0.25) is 0 Å². The summed E-state index contributed by atoms with van der Waals surface area (Å²) in [6.45, 7) is 0.183. The van der Waals surface area contributed by atoms with Crippen LogP contribution in [0, 0.1) is 0 Å². The number of rotatable bonds is 4. The molecule has 1 aromatic heterocycles. The zero-order valence-electron chi connectivity index (χ0n) is 8.46. The van der Waals surface area contributed by atoms with Gasteiger partial charge in [-0.2, -0.15) is 13.2 Å². The van der Waals surface area contributed by atoms with Crippen molar-refractivity contribution in [3.63, 3.8) is 0 Å². The van der Waals surface area contributed by atoms with Crippen LogP contribution in [0.5, 0.6) is 0 Å². The summed E-state index contributed by atoms with van der Waals surface area (Å²) in [5.74, 6) is -2.08. The number of allylic oxidation sites excluding steroid dienone is 1. The summed E-state index contributed by atoms with van der Waals surface area (Å²) in [6.07, 6.45) is -2.60. The van der Waals surface area contributed by atoms with Crippen LogP contribution in [-0.4, -0.2) is 16.9 Å². The fourth-order valence-electron chi connectivity index (χ4n) is 0.949. The van der Waals surface area contributed by atoms with E-state index in [1.54, 1.807) is 24.4 Å². The Hall–Kier alpha value is -1.56. The Bertz CT molecular complexity index is 417. The highest BCUT2D eigenvalue weighted by atomic mass is 35.5. The van der Waals surface area contributed by atoms with Crippen LogP contribution in [0.2, 0.25) is 0 Å². The Kier molecular flexibility index (Phi) is 4.51. The minimum absolute atomic E-state index is 0.183. The topological polar surface area (TPSA) is 42.0 Å². The number of carbonyl (C=O) groups excluding carboxylic acids is 1. The van der Waals surface area contributed by atoms with Gasteiger partial charge in [0.1, 0.15) is 5.03 Å². The number of Topliss-reactive ketones (excluding diaryl/α,β-unsaturated/α-hetero) is 1. The third-order valence-electron chi connectivity index (χ3n) is 1.71. The van der Waals surface area contributed by atoms with E-state index in [-0.39, 0.29) is 6.54 Å². The van der Waals surface area contributed by atoms with Gasteiger partial charge in [-0.1, -0.05) is 17.7 Å². The number of alkyl halides is 3. The SMILES string of the molecule is O=C(/C(Cl)=C/NCc1ccccn1)C(F)(F)F. The molecule has 92 valence electrons. The highest BCUT2D eigenvalue weighted by Crippen LogP contribution is 2.22. The van der Waals surface area contributed by atoms with Gasteiger partial charge in [-0.05, 0) is 12.1 Å². The second-order valence-corrected chi connectivity index (χ2v) is 3.43. The van der Waals surface area contributed by atoms with Crippen molar-refractivity contribution in [2.75, 3.05) is 0 Å². The number of hydrogen-bond donors (Lipinski definition) is 1. The molecule has 0 aromatic carbocycles. The molecule has 0 aliphatic rings. The molecular formula is C10H8ClF3N2O.